The van der Waals surface area contributed by atoms with Gasteiger partial charge in [-0.05, 0) is 17.5 Å². The predicted molar refractivity (Wildman–Crippen MR) is 68.8 cm³/mol. The van der Waals surface area contributed by atoms with Crippen LogP contribution in [0.2, 0.25) is 0 Å². The standard InChI is InChI=1S/C13H16N2S/c1-9(2)11-8-15-7-10-5-3-4-6-12(10)16-13(15)14-11/h3-6,9,11H,7-8H2,1-2H3. The van der Waals surface area contributed by atoms with Gasteiger partial charge in [-0.15, -0.1) is 0 Å². The molecule has 0 aromatic heterocycles. The fraction of sp³-hybridized carbons (Fsp3) is 0.462. The second kappa shape index (κ2) is 3.81. The molecule has 2 aliphatic rings. The van der Waals surface area contributed by atoms with Crippen LogP contribution in [0.15, 0.2) is 34.2 Å². The number of amidine groups is 1. The van der Waals surface area contributed by atoms with Crippen molar-refractivity contribution < 1.29 is 0 Å². The van der Waals surface area contributed by atoms with Crippen LogP contribution >= 0.6 is 11.8 Å². The Morgan fingerprint density at radius 2 is 2.19 bits per heavy atom. The molecule has 0 saturated carbocycles. The van der Waals surface area contributed by atoms with Crippen LogP contribution in [0.5, 0.6) is 0 Å². The van der Waals surface area contributed by atoms with E-state index in [9.17, 15) is 0 Å². The molecule has 0 aliphatic carbocycles. The second-order valence-electron chi connectivity index (χ2n) is 4.81. The van der Waals surface area contributed by atoms with Crippen molar-refractivity contribution in [3.05, 3.63) is 29.8 Å². The molecule has 3 heteroatoms. The van der Waals surface area contributed by atoms with Crippen molar-refractivity contribution in [1.82, 2.24) is 4.90 Å². The quantitative estimate of drug-likeness (QED) is 0.739. The zero-order chi connectivity index (χ0) is 11.1. The fourth-order valence-corrected chi connectivity index (χ4v) is 3.25. The van der Waals surface area contributed by atoms with Crippen LogP contribution in [-0.2, 0) is 6.54 Å². The van der Waals surface area contributed by atoms with Crippen molar-refractivity contribution >= 4 is 16.9 Å². The largest absolute Gasteiger partial charge is 0.345 e. The average molecular weight is 232 g/mol. The van der Waals surface area contributed by atoms with Gasteiger partial charge in [-0.1, -0.05) is 43.8 Å². The van der Waals surface area contributed by atoms with Crippen molar-refractivity contribution in [2.75, 3.05) is 6.54 Å². The van der Waals surface area contributed by atoms with Gasteiger partial charge in [0.05, 0.1) is 6.04 Å². The molecule has 0 N–H and O–H groups in total. The lowest BCUT2D eigenvalue weighted by molar-refractivity contribution is 0.377. The van der Waals surface area contributed by atoms with Gasteiger partial charge >= 0.3 is 0 Å². The van der Waals surface area contributed by atoms with E-state index in [1.807, 2.05) is 11.8 Å². The van der Waals surface area contributed by atoms with Gasteiger partial charge in [0.25, 0.3) is 0 Å². The zero-order valence-corrected chi connectivity index (χ0v) is 10.5. The van der Waals surface area contributed by atoms with Crippen LogP contribution < -0.4 is 0 Å². The highest BCUT2D eigenvalue weighted by Gasteiger charge is 2.31. The van der Waals surface area contributed by atoms with E-state index in [2.05, 4.69) is 43.0 Å². The van der Waals surface area contributed by atoms with E-state index in [0.717, 1.165) is 13.1 Å². The molecule has 2 aliphatic heterocycles. The third kappa shape index (κ3) is 1.63. The minimum Gasteiger partial charge on any atom is -0.345 e. The average Bonchev–Trinajstić information content (AvgIpc) is 2.68. The molecular formula is C13H16N2S. The smallest absolute Gasteiger partial charge is 0.164 e. The van der Waals surface area contributed by atoms with Gasteiger partial charge in [-0.25, -0.2) is 0 Å². The van der Waals surface area contributed by atoms with E-state index in [1.54, 1.807) is 0 Å². The first-order chi connectivity index (χ1) is 7.74. The Hall–Kier alpha value is -0.960. The van der Waals surface area contributed by atoms with Crippen molar-refractivity contribution in [3.63, 3.8) is 0 Å². The first kappa shape index (κ1) is 10.2. The van der Waals surface area contributed by atoms with Crippen LogP contribution in [0, 0.1) is 5.92 Å². The molecule has 0 saturated heterocycles. The van der Waals surface area contributed by atoms with E-state index >= 15 is 0 Å². The highest BCUT2D eigenvalue weighted by atomic mass is 32.2. The van der Waals surface area contributed by atoms with Gasteiger partial charge in [0.1, 0.15) is 0 Å². The molecule has 16 heavy (non-hydrogen) atoms. The molecule has 0 radical (unpaired) electrons. The number of nitrogens with zero attached hydrogens (tertiary/aromatic N) is 2. The van der Waals surface area contributed by atoms with E-state index in [-0.39, 0.29) is 0 Å². The predicted octanol–water partition coefficient (Wildman–Crippen LogP) is 2.99. The Balaban J connectivity index is 1.89. The van der Waals surface area contributed by atoms with Gasteiger partial charge in [-0.2, -0.15) is 0 Å². The Bertz CT molecular complexity index is 439. The first-order valence-electron chi connectivity index (χ1n) is 5.82. The molecule has 0 fully saturated rings. The summed E-state index contributed by atoms with van der Waals surface area (Å²) in [5, 5.41) is 1.22. The number of aliphatic imine (C=N–C) groups is 1. The summed E-state index contributed by atoms with van der Waals surface area (Å²) in [6, 6.07) is 9.13. The van der Waals surface area contributed by atoms with Gasteiger partial charge < -0.3 is 4.90 Å². The monoisotopic (exact) mass is 232 g/mol. The van der Waals surface area contributed by atoms with Crippen molar-refractivity contribution in [2.24, 2.45) is 10.9 Å². The molecule has 1 atom stereocenters. The maximum atomic E-state index is 4.81. The molecule has 0 amide bonds. The van der Waals surface area contributed by atoms with Crippen molar-refractivity contribution in [2.45, 2.75) is 31.3 Å². The fourth-order valence-electron chi connectivity index (χ4n) is 2.19. The minimum atomic E-state index is 0.483. The Labute approximate surface area is 101 Å². The number of rotatable bonds is 1. The van der Waals surface area contributed by atoms with Gasteiger partial charge in [-0.3, -0.25) is 4.99 Å². The number of hydrogen-bond acceptors (Lipinski definition) is 3. The molecule has 0 spiro atoms. The molecule has 1 aromatic carbocycles. The van der Waals surface area contributed by atoms with Crippen LogP contribution in [0.1, 0.15) is 19.4 Å². The number of fused-ring (bicyclic) bond motifs is 2. The van der Waals surface area contributed by atoms with Crippen LogP contribution in [-0.4, -0.2) is 22.7 Å². The summed E-state index contributed by atoms with van der Waals surface area (Å²) < 4.78 is 0. The molecule has 3 rings (SSSR count). The van der Waals surface area contributed by atoms with Gasteiger partial charge in [0, 0.05) is 18.0 Å². The van der Waals surface area contributed by atoms with Gasteiger partial charge in [0.2, 0.25) is 0 Å². The number of hydrogen-bond donors (Lipinski definition) is 0. The molecule has 84 valence electrons. The number of benzene rings is 1. The first-order valence-corrected chi connectivity index (χ1v) is 6.64. The summed E-state index contributed by atoms with van der Waals surface area (Å²) in [5.41, 5.74) is 1.44. The third-order valence-corrected chi connectivity index (χ3v) is 4.42. The molecule has 0 bridgehead atoms. The van der Waals surface area contributed by atoms with Crippen LogP contribution in [0.4, 0.5) is 0 Å². The normalized spacial score (nSPS) is 23.1. The number of thioether (sulfide) groups is 1. The van der Waals surface area contributed by atoms with E-state index in [1.165, 1.54) is 15.6 Å². The Morgan fingerprint density at radius 1 is 1.38 bits per heavy atom. The third-order valence-electron chi connectivity index (χ3n) is 3.26. The molecule has 1 aromatic rings. The lowest BCUT2D eigenvalue weighted by Gasteiger charge is -2.27. The summed E-state index contributed by atoms with van der Waals surface area (Å²) in [6.07, 6.45) is 0. The van der Waals surface area contributed by atoms with Crippen molar-refractivity contribution in [1.29, 1.82) is 0 Å². The maximum Gasteiger partial charge on any atom is 0.164 e. The molecule has 2 nitrogen and oxygen atoms in total. The lowest BCUT2D eigenvalue weighted by Crippen LogP contribution is -2.31. The second-order valence-corrected chi connectivity index (χ2v) is 5.82. The summed E-state index contributed by atoms with van der Waals surface area (Å²) in [5.74, 6) is 0.641. The maximum absolute atomic E-state index is 4.81. The Kier molecular flexibility index (Phi) is 2.43. The zero-order valence-electron chi connectivity index (χ0n) is 9.68. The topological polar surface area (TPSA) is 15.6 Å². The summed E-state index contributed by atoms with van der Waals surface area (Å²) in [6.45, 7) is 6.63. The highest BCUT2D eigenvalue weighted by molar-refractivity contribution is 8.14. The lowest BCUT2D eigenvalue weighted by atomic mass is 10.1. The summed E-state index contributed by atoms with van der Waals surface area (Å²) >= 11 is 1.82. The summed E-state index contributed by atoms with van der Waals surface area (Å²) in [7, 11) is 0. The molecule has 2 heterocycles. The Morgan fingerprint density at radius 3 is 3.00 bits per heavy atom. The minimum absolute atomic E-state index is 0.483. The SMILES string of the molecule is CC(C)C1CN2Cc3ccccc3SC2=N1. The highest BCUT2D eigenvalue weighted by Crippen LogP contribution is 2.35. The summed E-state index contributed by atoms with van der Waals surface area (Å²) in [4.78, 5) is 8.61. The van der Waals surface area contributed by atoms with Gasteiger partial charge in [0.15, 0.2) is 5.17 Å². The van der Waals surface area contributed by atoms with E-state index in [4.69, 9.17) is 4.99 Å². The van der Waals surface area contributed by atoms with E-state index in [0.29, 0.717) is 12.0 Å². The van der Waals surface area contributed by atoms with Crippen molar-refractivity contribution in [3.8, 4) is 0 Å². The molecule has 1 unspecified atom stereocenters. The van der Waals surface area contributed by atoms with Crippen LogP contribution in [0.3, 0.4) is 0 Å². The van der Waals surface area contributed by atoms with E-state index < -0.39 is 0 Å². The van der Waals surface area contributed by atoms with Crippen LogP contribution in [0.25, 0.3) is 0 Å². The molecular weight excluding hydrogens is 216 g/mol.